The molecule has 1 N–H and O–H groups in total. The van der Waals surface area contributed by atoms with Crippen molar-refractivity contribution in [2.45, 2.75) is 18.9 Å². The number of nitrogens with one attached hydrogen (secondary N) is 1. The first-order valence-corrected chi connectivity index (χ1v) is 5.89. The second-order valence-corrected chi connectivity index (χ2v) is 4.35. The van der Waals surface area contributed by atoms with Crippen molar-refractivity contribution in [2.24, 2.45) is 0 Å². The molecule has 0 spiro atoms. The van der Waals surface area contributed by atoms with E-state index in [2.05, 4.69) is 29.4 Å². The molecule has 1 heterocycles. The van der Waals surface area contributed by atoms with Crippen molar-refractivity contribution in [2.75, 3.05) is 32.1 Å². The molecule has 1 atom stereocenters. The van der Waals surface area contributed by atoms with E-state index in [1.54, 1.807) is 7.11 Å². The van der Waals surface area contributed by atoms with Gasteiger partial charge in [-0.2, -0.15) is 0 Å². The number of para-hydroxylation sites is 2. The summed E-state index contributed by atoms with van der Waals surface area (Å²) in [6.07, 6.45) is 2.57. The summed E-state index contributed by atoms with van der Waals surface area (Å²) in [4.78, 5) is 2.27. The fraction of sp³-hybridized carbons (Fsp3) is 0.538. The first kappa shape index (κ1) is 11.3. The predicted octanol–water partition coefficient (Wildman–Crippen LogP) is 1.88. The van der Waals surface area contributed by atoms with E-state index in [-0.39, 0.29) is 0 Å². The molecule has 88 valence electrons. The second-order valence-electron chi connectivity index (χ2n) is 4.35. The molecule has 3 heteroatoms. The van der Waals surface area contributed by atoms with Crippen LogP contribution in [0.4, 0.5) is 5.69 Å². The third-order valence-electron chi connectivity index (χ3n) is 3.15. The summed E-state index contributed by atoms with van der Waals surface area (Å²) in [6.45, 7) is 2.20. The molecule has 2 rings (SSSR count). The lowest BCUT2D eigenvalue weighted by Crippen LogP contribution is -2.35. The predicted molar refractivity (Wildman–Crippen MR) is 67.3 cm³/mol. The number of nitrogens with zero attached hydrogens (tertiary/aromatic N) is 1. The van der Waals surface area contributed by atoms with Gasteiger partial charge >= 0.3 is 0 Å². The van der Waals surface area contributed by atoms with Crippen LogP contribution in [0, 0.1) is 0 Å². The molecule has 1 unspecified atom stereocenters. The molecule has 1 aromatic rings. The van der Waals surface area contributed by atoms with E-state index in [0.717, 1.165) is 18.8 Å². The van der Waals surface area contributed by atoms with E-state index in [4.69, 9.17) is 4.74 Å². The van der Waals surface area contributed by atoms with Gasteiger partial charge in [-0.25, -0.2) is 0 Å². The van der Waals surface area contributed by atoms with Crippen molar-refractivity contribution < 1.29 is 4.74 Å². The molecule has 0 radical (unpaired) electrons. The Morgan fingerprint density at radius 3 is 2.94 bits per heavy atom. The molecule has 0 amide bonds. The van der Waals surface area contributed by atoms with E-state index in [1.807, 2.05) is 12.1 Å². The highest BCUT2D eigenvalue weighted by Crippen LogP contribution is 2.27. The summed E-state index contributed by atoms with van der Waals surface area (Å²) in [5.41, 5.74) is 1.17. The van der Waals surface area contributed by atoms with Crippen LogP contribution in [0.15, 0.2) is 24.3 Å². The zero-order chi connectivity index (χ0) is 11.4. The lowest BCUT2D eigenvalue weighted by molar-refractivity contribution is 0.414. The van der Waals surface area contributed by atoms with Gasteiger partial charge in [-0.15, -0.1) is 0 Å². The fourth-order valence-corrected chi connectivity index (χ4v) is 2.29. The highest BCUT2D eigenvalue weighted by molar-refractivity contribution is 5.57. The van der Waals surface area contributed by atoms with Gasteiger partial charge in [0.1, 0.15) is 5.75 Å². The molecule has 1 aromatic carbocycles. The molecular weight excluding hydrogens is 200 g/mol. The highest BCUT2D eigenvalue weighted by atomic mass is 16.5. The minimum Gasteiger partial charge on any atom is -0.495 e. The van der Waals surface area contributed by atoms with Gasteiger partial charge in [-0.3, -0.25) is 0 Å². The Morgan fingerprint density at radius 2 is 2.25 bits per heavy atom. The van der Waals surface area contributed by atoms with Gasteiger partial charge in [0.25, 0.3) is 0 Å². The topological polar surface area (TPSA) is 24.5 Å². The normalized spacial score (nSPS) is 19.8. The van der Waals surface area contributed by atoms with Crippen molar-refractivity contribution in [3.63, 3.8) is 0 Å². The fourth-order valence-electron chi connectivity index (χ4n) is 2.29. The first-order chi connectivity index (χ1) is 7.81. The van der Waals surface area contributed by atoms with Crippen LogP contribution in [0.1, 0.15) is 12.8 Å². The Hall–Kier alpha value is -1.22. The molecule has 0 bridgehead atoms. The van der Waals surface area contributed by atoms with Crippen LogP contribution in [-0.2, 0) is 0 Å². The van der Waals surface area contributed by atoms with Gasteiger partial charge < -0.3 is 15.0 Å². The van der Waals surface area contributed by atoms with Gasteiger partial charge in [0.15, 0.2) is 0 Å². The molecule has 1 fully saturated rings. The SMILES string of the molecule is COc1ccccc1N(C)CC1CCCN1. The number of methoxy groups -OCH3 is 1. The van der Waals surface area contributed by atoms with Crippen molar-refractivity contribution in [3.8, 4) is 5.75 Å². The number of ether oxygens (including phenoxy) is 1. The van der Waals surface area contributed by atoms with E-state index in [0.29, 0.717) is 6.04 Å². The minimum absolute atomic E-state index is 0.620. The minimum atomic E-state index is 0.620. The van der Waals surface area contributed by atoms with Gasteiger partial charge in [0, 0.05) is 19.6 Å². The van der Waals surface area contributed by atoms with E-state index >= 15 is 0 Å². The van der Waals surface area contributed by atoms with Crippen molar-refractivity contribution in [1.29, 1.82) is 0 Å². The molecular formula is C13H20N2O. The average Bonchev–Trinajstić information content (AvgIpc) is 2.81. The van der Waals surface area contributed by atoms with Crippen LogP contribution in [0.2, 0.25) is 0 Å². The molecule has 1 aliphatic heterocycles. The van der Waals surface area contributed by atoms with Crippen molar-refractivity contribution in [1.82, 2.24) is 5.32 Å². The van der Waals surface area contributed by atoms with Gasteiger partial charge in [-0.1, -0.05) is 12.1 Å². The Morgan fingerprint density at radius 1 is 1.44 bits per heavy atom. The lowest BCUT2D eigenvalue weighted by Gasteiger charge is -2.24. The maximum atomic E-state index is 5.37. The Bertz CT molecular complexity index is 334. The molecule has 0 aliphatic carbocycles. The summed E-state index contributed by atoms with van der Waals surface area (Å²) in [7, 11) is 3.85. The quantitative estimate of drug-likeness (QED) is 0.838. The number of anilines is 1. The van der Waals surface area contributed by atoms with E-state index in [9.17, 15) is 0 Å². The third kappa shape index (κ3) is 2.47. The van der Waals surface area contributed by atoms with E-state index < -0.39 is 0 Å². The third-order valence-corrected chi connectivity index (χ3v) is 3.15. The average molecular weight is 220 g/mol. The lowest BCUT2D eigenvalue weighted by atomic mass is 10.2. The summed E-state index contributed by atoms with van der Waals surface area (Å²) in [5, 5.41) is 3.51. The van der Waals surface area contributed by atoms with Crippen LogP contribution in [0.5, 0.6) is 5.75 Å². The number of likely N-dealkylation sites (N-methyl/N-ethyl adjacent to an activating group) is 1. The summed E-state index contributed by atoms with van der Waals surface area (Å²) >= 11 is 0. The van der Waals surface area contributed by atoms with Crippen LogP contribution in [0.25, 0.3) is 0 Å². The van der Waals surface area contributed by atoms with Crippen molar-refractivity contribution >= 4 is 5.69 Å². The zero-order valence-electron chi connectivity index (χ0n) is 10.1. The Kier molecular flexibility index (Phi) is 3.67. The number of benzene rings is 1. The van der Waals surface area contributed by atoms with Crippen LogP contribution in [0.3, 0.4) is 0 Å². The van der Waals surface area contributed by atoms with Gasteiger partial charge in [0.05, 0.1) is 12.8 Å². The van der Waals surface area contributed by atoms with Crippen molar-refractivity contribution in [3.05, 3.63) is 24.3 Å². The molecule has 1 saturated heterocycles. The largest absolute Gasteiger partial charge is 0.495 e. The zero-order valence-corrected chi connectivity index (χ0v) is 10.1. The maximum absolute atomic E-state index is 5.37. The van der Waals surface area contributed by atoms with Gasteiger partial charge in [-0.05, 0) is 31.5 Å². The number of hydrogen-bond donors (Lipinski definition) is 1. The van der Waals surface area contributed by atoms with Gasteiger partial charge in [0.2, 0.25) is 0 Å². The number of hydrogen-bond acceptors (Lipinski definition) is 3. The standard InChI is InChI=1S/C13H20N2O/c1-15(10-11-6-5-9-14-11)12-7-3-4-8-13(12)16-2/h3-4,7-8,11,14H,5-6,9-10H2,1-2H3. The summed E-state index contributed by atoms with van der Waals surface area (Å²) < 4.78 is 5.37. The molecule has 3 nitrogen and oxygen atoms in total. The first-order valence-electron chi connectivity index (χ1n) is 5.89. The summed E-state index contributed by atoms with van der Waals surface area (Å²) in [6, 6.07) is 8.79. The molecule has 1 aliphatic rings. The smallest absolute Gasteiger partial charge is 0.142 e. The van der Waals surface area contributed by atoms with Crippen LogP contribution >= 0.6 is 0 Å². The second kappa shape index (κ2) is 5.21. The highest BCUT2D eigenvalue weighted by Gasteiger charge is 2.17. The number of rotatable bonds is 4. The molecule has 0 saturated carbocycles. The molecule has 0 aromatic heterocycles. The monoisotopic (exact) mass is 220 g/mol. The van der Waals surface area contributed by atoms with Crippen LogP contribution in [-0.4, -0.2) is 33.3 Å². The Balaban J connectivity index is 2.04. The van der Waals surface area contributed by atoms with E-state index in [1.165, 1.54) is 18.5 Å². The van der Waals surface area contributed by atoms with Crippen LogP contribution < -0.4 is 15.0 Å². The molecule has 16 heavy (non-hydrogen) atoms. The maximum Gasteiger partial charge on any atom is 0.142 e. The Labute approximate surface area is 97.4 Å². The summed E-state index contributed by atoms with van der Waals surface area (Å²) in [5.74, 6) is 0.947.